The molecule has 0 fully saturated rings. The zero-order valence-electron chi connectivity index (χ0n) is 20.3. The van der Waals surface area contributed by atoms with E-state index in [0.717, 1.165) is 30.1 Å². The second kappa shape index (κ2) is 11.6. The Hall–Kier alpha value is -2.98. The molecule has 1 aromatic heterocycles. The minimum Gasteiger partial charge on any atom is -0.478 e. The second-order valence-corrected chi connectivity index (χ2v) is 10.9. The number of carboxylic acid groups (broad SMARTS) is 1. The maximum atomic E-state index is 13.1. The van der Waals surface area contributed by atoms with Crippen molar-refractivity contribution in [1.29, 1.82) is 0 Å². The number of nitrogens with zero attached hydrogens (tertiary/aromatic N) is 2. The number of benzene rings is 2. The highest BCUT2D eigenvalue weighted by Crippen LogP contribution is 2.31. The summed E-state index contributed by atoms with van der Waals surface area (Å²) in [5, 5.41) is 16.1. The summed E-state index contributed by atoms with van der Waals surface area (Å²) in [4.78, 5) is 45.2. The quantitative estimate of drug-likeness (QED) is 0.324. The number of aromatic carboxylic acids is 1. The van der Waals surface area contributed by atoms with E-state index in [1.54, 1.807) is 24.3 Å². The number of hydrogen-bond donors (Lipinski definition) is 3. The summed E-state index contributed by atoms with van der Waals surface area (Å²) in [6, 6.07) is 9.78. The number of carbonyl (C=O) groups is 3. The SMILES string of the molecule is CC(C)N1CCc2nc(C(=O)Nc3cc(C(=O)O)cc(Cl)c3CCC(=O)Nc3ccc(Cl)cc3)sc2C1. The van der Waals surface area contributed by atoms with Crippen molar-refractivity contribution in [3.8, 4) is 0 Å². The van der Waals surface area contributed by atoms with Gasteiger partial charge in [0.05, 0.1) is 11.3 Å². The van der Waals surface area contributed by atoms with Gasteiger partial charge in [0.15, 0.2) is 5.01 Å². The molecule has 0 bridgehead atoms. The van der Waals surface area contributed by atoms with Crippen LogP contribution < -0.4 is 10.6 Å². The van der Waals surface area contributed by atoms with Crippen molar-refractivity contribution in [1.82, 2.24) is 9.88 Å². The van der Waals surface area contributed by atoms with Crippen molar-refractivity contribution in [3.63, 3.8) is 0 Å². The topological polar surface area (TPSA) is 112 Å². The molecule has 3 aromatic rings. The zero-order valence-corrected chi connectivity index (χ0v) is 22.6. The van der Waals surface area contributed by atoms with Gasteiger partial charge < -0.3 is 15.7 Å². The Bertz CT molecular complexity index is 1340. The van der Waals surface area contributed by atoms with Crippen LogP contribution >= 0.6 is 34.5 Å². The molecule has 194 valence electrons. The minimum atomic E-state index is -1.18. The fraction of sp³-hybridized carbons (Fsp3) is 0.308. The van der Waals surface area contributed by atoms with Gasteiger partial charge in [-0.25, -0.2) is 9.78 Å². The number of fused-ring (bicyclic) bond motifs is 1. The number of carboxylic acids is 1. The molecule has 4 rings (SSSR count). The van der Waals surface area contributed by atoms with Crippen LogP contribution in [0.4, 0.5) is 11.4 Å². The van der Waals surface area contributed by atoms with Gasteiger partial charge in [0, 0.05) is 58.3 Å². The first-order chi connectivity index (χ1) is 17.6. The molecule has 37 heavy (non-hydrogen) atoms. The van der Waals surface area contributed by atoms with Gasteiger partial charge in [-0.2, -0.15) is 0 Å². The van der Waals surface area contributed by atoms with Gasteiger partial charge in [0.2, 0.25) is 5.91 Å². The Morgan fingerprint density at radius 1 is 1.14 bits per heavy atom. The molecule has 0 unspecified atom stereocenters. The number of anilines is 2. The van der Waals surface area contributed by atoms with Crippen LogP contribution in [0.2, 0.25) is 10.0 Å². The molecule has 3 N–H and O–H groups in total. The Morgan fingerprint density at radius 3 is 2.54 bits per heavy atom. The number of carbonyl (C=O) groups excluding carboxylic acids is 2. The third-order valence-corrected chi connectivity index (χ3v) is 7.78. The van der Waals surface area contributed by atoms with Crippen molar-refractivity contribution in [2.24, 2.45) is 0 Å². The number of aromatic nitrogens is 1. The Morgan fingerprint density at radius 2 is 1.86 bits per heavy atom. The van der Waals surface area contributed by atoms with E-state index >= 15 is 0 Å². The lowest BCUT2D eigenvalue weighted by Crippen LogP contribution is -2.35. The van der Waals surface area contributed by atoms with Gasteiger partial charge in [0.1, 0.15) is 0 Å². The fourth-order valence-corrected chi connectivity index (χ4v) is 5.52. The van der Waals surface area contributed by atoms with Gasteiger partial charge in [-0.1, -0.05) is 23.2 Å². The molecule has 0 spiro atoms. The van der Waals surface area contributed by atoms with Crippen molar-refractivity contribution in [2.45, 2.75) is 45.7 Å². The molecule has 0 saturated heterocycles. The van der Waals surface area contributed by atoms with E-state index in [1.165, 1.54) is 23.5 Å². The molecule has 2 amide bonds. The van der Waals surface area contributed by atoms with Gasteiger partial charge >= 0.3 is 5.97 Å². The predicted octanol–water partition coefficient (Wildman–Crippen LogP) is 5.74. The standard InChI is InChI=1S/C26H26Cl2N4O4S/c1-14(2)32-10-9-20-22(13-32)37-25(31-20)24(34)30-21-12-15(26(35)36)11-19(28)18(21)7-8-23(33)29-17-5-3-16(27)4-6-17/h3-6,11-12,14H,7-10,13H2,1-2H3,(H,29,33)(H,30,34)(H,35,36). The molecule has 2 aromatic carbocycles. The first-order valence-corrected chi connectivity index (χ1v) is 13.3. The number of hydrogen-bond acceptors (Lipinski definition) is 6. The molecular weight excluding hydrogens is 535 g/mol. The highest BCUT2D eigenvalue weighted by molar-refractivity contribution is 7.13. The van der Waals surface area contributed by atoms with Crippen LogP contribution in [-0.4, -0.2) is 45.4 Å². The molecular formula is C26H26Cl2N4O4S. The summed E-state index contributed by atoms with van der Waals surface area (Å²) in [5.41, 5.74) is 2.16. The molecule has 0 radical (unpaired) electrons. The maximum Gasteiger partial charge on any atom is 0.335 e. The highest BCUT2D eigenvalue weighted by Gasteiger charge is 2.25. The lowest BCUT2D eigenvalue weighted by atomic mass is 10.0. The van der Waals surface area contributed by atoms with E-state index in [1.807, 2.05) is 0 Å². The Labute approximate surface area is 228 Å². The number of thiazole rings is 1. The van der Waals surface area contributed by atoms with Crippen LogP contribution in [0.15, 0.2) is 36.4 Å². The molecule has 2 heterocycles. The van der Waals surface area contributed by atoms with E-state index in [2.05, 4.69) is 34.4 Å². The monoisotopic (exact) mass is 560 g/mol. The molecule has 11 heteroatoms. The molecule has 0 saturated carbocycles. The summed E-state index contributed by atoms with van der Waals surface area (Å²) in [5.74, 6) is -1.89. The summed E-state index contributed by atoms with van der Waals surface area (Å²) in [6.07, 6.45) is 1.02. The third kappa shape index (κ3) is 6.67. The van der Waals surface area contributed by atoms with E-state index in [-0.39, 0.29) is 35.0 Å². The zero-order chi connectivity index (χ0) is 26.7. The second-order valence-electron chi connectivity index (χ2n) is 9.00. The van der Waals surface area contributed by atoms with Gasteiger partial charge in [-0.15, -0.1) is 11.3 Å². The van der Waals surface area contributed by atoms with Crippen molar-refractivity contribution < 1.29 is 19.5 Å². The Balaban J connectivity index is 1.52. The summed E-state index contributed by atoms with van der Waals surface area (Å²) >= 11 is 13.6. The molecule has 0 aliphatic carbocycles. The van der Waals surface area contributed by atoms with Crippen LogP contribution in [0.5, 0.6) is 0 Å². The van der Waals surface area contributed by atoms with Crippen LogP contribution in [0.25, 0.3) is 0 Å². The predicted molar refractivity (Wildman–Crippen MR) is 146 cm³/mol. The lowest BCUT2D eigenvalue weighted by molar-refractivity contribution is -0.116. The van der Waals surface area contributed by atoms with Crippen LogP contribution in [0, 0.1) is 0 Å². The number of amides is 2. The maximum absolute atomic E-state index is 13.1. The highest BCUT2D eigenvalue weighted by atomic mass is 35.5. The van der Waals surface area contributed by atoms with Crippen molar-refractivity contribution in [2.75, 3.05) is 17.2 Å². The van der Waals surface area contributed by atoms with Crippen LogP contribution in [0.1, 0.15) is 56.6 Å². The molecule has 1 aliphatic rings. The van der Waals surface area contributed by atoms with Crippen molar-refractivity contribution >= 4 is 63.7 Å². The van der Waals surface area contributed by atoms with E-state index < -0.39 is 11.9 Å². The van der Waals surface area contributed by atoms with Crippen LogP contribution in [0.3, 0.4) is 0 Å². The normalized spacial score (nSPS) is 13.3. The number of halogens is 2. The van der Waals surface area contributed by atoms with Crippen molar-refractivity contribution in [3.05, 3.63) is 73.1 Å². The molecule has 8 nitrogen and oxygen atoms in total. The van der Waals surface area contributed by atoms with E-state index in [9.17, 15) is 19.5 Å². The number of rotatable bonds is 8. The average Bonchev–Trinajstić information content (AvgIpc) is 3.28. The first kappa shape index (κ1) is 27.1. The first-order valence-electron chi connectivity index (χ1n) is 11.8. The largest absolute Gasteiger partial charge is 0.478 e. The summed E-state index contributed by atoms with van der Waals surface area (Å²) in [7, 11) is 0. The lowest BCUT2D eigenvalue weighted by Gasteiger charge is -2.29. The minimum absolute atomic E-state index is 0.0637. The van der Waals surface area contributed by atoms with Gasteiger partial charge in [0.25, 0.3) is 5.91 Å². The average molecular weight is 561 g/mol. The smallest absolute Gasteiger partial charge is 0.335 e. The van der Waals surface area contributed by atoms with E-state index in [4.69, 9.17) is 23.2 Å². The fourth-order valence-electron chi connectivity index (χ4n) is 4.05. The molecule has 1 aliphatic heterocycles. The van der Waals surface area contributed by atoms with Gasteiger partial charge in [-0.05, 0) is 62.2 Å². The third-order valence-electron chi connectivity index (χ3n) is 6.11. The van der Waals surface area contributed by atoms with Crippen LogP contribution in [-0.2, 0) is 24.2 Å². The van der Waals surface area contributed by atoms with Gasteiger partial charge in [-0.3, -0.25) is 14.5 Å². The van der Waals surface area contributed by atoms with E-state index in [0.29, 0.717) is 27.3 Å². The molecule has 0 atom stereocenters. The number of nitrogens with one attached hydrogen (secondary N) is 2. The Kier molecular flexibility index (Phi) is 8.49. The summed E-state index contributed by atoms with van der Waals surface area (Å²) in [6.45, 7) is 5.90. The summed E-state index contributed by atoms with van der Waals surface area (Å²) < 4.78 is 0.